The van der Waals surface area contributed by atoms with E-state index in [1.54, 1.807) is 7.11 Å². The number of fused-ring (bicyclic) bond motifs is 3. The standard InChI is InChI=1S/C19H14INO/c1-22-14-10-8-13(9-11-14)18-17-7-4-12-21(17)16-6-3-2-5-15(16)19(18)20/h2-12H,1H3. The number of aromatic nitrogens is 1. The maximum atomic E-state index is 5.27. The largest absolute Gasteiger partial charge is 0.497 e. The van der Waals surface area contributed by atoms with Crippen molar-refractivity contribution >= 4 is 39.0 Å². The molecular formula is C19H14INO. The summed E-state index contributed by atoms with van der Waals surface area (Å²) in [6.07, 6.45) is 2.13. The van der Waals surface area contributed by atoms with Crippen LogP contribution in [0.4, 0.5) is 0 Å². The molecule has 2 nitrogen and oxygen atoms in total. The van der Waals surface area contributed by atoms with E-state index in [0.717, 1.165) is 5.75 Å². The molecule has 0 spiro atoms. The quantitative estimate of drug-likeness (QED) is 0.413. The Hall–Kier alpha value is -2.01. The van der Waals surface area contributed by atoms with E-state index in [1.165, 1.54) is 31.1 Å². The highest BCUT2D eigenvalue weighted by Gasteiger charge is 2.13. The van der Waals surface area contributed by atoms with Crippen LogP contribution in [0.15, 0.2) is 66.9 Å². The van der Waals surface area contributed by atoms with Gasteiger partial charge in [0, 0.05) is 20.7 Å². The normalized spacial score (nSPS) is 11.2. The van der Waals surface area contributed by atoms with Crippen molar-refractivity contribution in [3.63, 3.8) is 0 Å². The molecule has 0 saturated carbocycles. The van der Waals surface area contributed by atoms with Gasteiger partial charge in [-0.05, 0) is 58.5 Å². The molecule has 0 fully saturated rings. The molecule has 0 N–H and O–H groups in total. The van der Waals surface area contributed by atoms with Crippen LogP contribution in [-0.4, -0.2) is 11.5 Å². The second kappa shape index (κ2) is 5.32. The van der Waals surface area contributed by atoms with Gasteiger partial charge in [0.1, 0.15) is 5.75 Å². The number of hydrogen-bond acceptors (Lipinski definition) is 1. The molecule has 0 aliphatic heterocycles. The molecule has 0 radical (unpaired) electrons. The van der Waals surface area contributed by atoms with Crippen LogP contribution in [0.25, 0.3) is 27.5 Å². The first kappa shape index (κ1) is 13.6. The van der Waals surface area contributed by atoms with Gasteiger partial charge in [-0.1, -0.05) is 30.3 Å². The van der Waals surface area contributed by atoms with E-state index in [0.29, 0.717) is 0 Å². The van der Waals surface area contributed by atoms with E-state index in [4.69, 9.17) is 4.74 Å². The van der Waals surface area contributed by atoms with Gasteiger partial charge in [0.05, 0.1) is 18.1 Å². The van der Waals surface area contributed by atoms with Crippen LogP contribution in [-0.2, 0) is 0 Å². The summed E-state index contributed by atoms with van der Waals surface area (Å²) < 4.78 is 8.81. The number of hydrogen-bond donors (Lipinski definition) is 0. The third-order valence-corrected chi connectivity index (χ3v) is 5.12. The Bertz CT molecular complexity index is 970. The SMILES string of the molecule is COc1ccc(-c2c(I)c3ccccc3n3cccc23)cc1. The third kappa shape index (κ3) is 2.00. The highest BCUT2D eigenvalue weighted by atomic mass is 127. The number of nitrogens with zero attached hydrogens (tertiary/aromatic N) is 1. The van der Waals surface area contributed by atoms with Crippen molar-refractivity contribution in [1.29, 1.82) is 0 Å². The van der Waals surface area contributed by atoms with Crippen LogP contribution in [0.3, 0.4) is 0 Å². The Kier molecular flexibility index (Phi) is 3.30. The lowest BCUT2D eigenvalue weighted by molar-refractivity contribution is 0.415. The van der Waals surface area contributed by atoms with Crippen LogP contribution in [0.2, 0.25) is 0 Å². The van der Waals surface area contributed by atoms with Gasteiger partial charge < -0.3 is 9.14 Å². The molecule has 2 aromatic heterocycles. The average Bonchev–Trinajstić information content (AvgIpc) is 3.05. The maximum Gasteiger partial charge on any atom is 0.118 e. The lowest BCUT2D eigenvalue weighted by Crippen LogP contribution is -1.94. The number of halogens is 1. The second-order valence-corrected chi connectivity index (χ2v) is 6.28. The molecule has 0 bridgehead atoms. The van der Waals surface area contributed by atoms with Gasteiger partial charge in [-0.2, -0.15) is 0 Å². The topological polar surface area (TPSA) is 13.6 Å². The van der Waals surface area contributed by atoms with E-state index < -0.39 is 0 Å². The molecule has 22 heavy (non-hydrogen) atoms. The first-order valence-corrected chi connectivity index (χ1v) is 8.19. The lowest BCUT2D eigenvalue weighted by atomic mass is 10.0. The zero-order valence-corrected chi connectivity index (χ0v) is 14.2. The molecule has 2 aromatic carbocycles. The molecule has 0 atom stereocenters. The summed E-state index contributed by atoms with van der Waals surface area (Å²) in [5.41, 5.74) is 4.95. The fraction of sp³-hybridized carbons (Fsp3) is 0.0526. The summed E-state index contributed by atoms with van der Waals surface area (Å²) in [7, 11) is 1.69. The van der Waals surface area contributed by atoms with Gasteiger partial charge in [0.25, 0.3) is 0 Å². The molecule has 0 aliphatic carbocycles. The fourth-order valence-electron chi connectivity index (χ4n) is 2.94. The Morgan fingerprint density at radius 2 is 1.59 bits per heavy atom. The van der Waals surface area contributed by atoms with Gasteiger partial charge >= 0.3 is 0 Å². The molecule has 4 rings (SSSR count). The highest BCUT2D eigenvalue weighted by Crippen LogP contribution is 2.36. The predicted octanol–water partition coefficient (Wildman–Crippen LogP) is 5.37. The summed E-state index contributed by atoms with van der Waals surface area (Å²) in [5.74, 6) is 0.881. The summed E-state index contributed by atoms with van der Waals surface area (Å²) in [5, 5.41) is 1.28. The molecule has 0 amide bonds. The molecule has 0 aliphatic rings. The minimum Gasteiger partial charge on any atom is -0.497 e. The van der Waals surface area contributed by atoms with Gasteiger partial charge in [-0.15, -0.1) is 0 Å². The number of rotatable bonds is 2. The molecule has 2 heterocycles. The third-order valence-electron chi connectivity index (χ3n) is 4.00. The van der Waals surface area contributed by atoms with Crippen molar-refractivity contribution in [3.05, 3.63) is 70.4 Å². The number of benzene rings is 2. The van der Waals surface area contributed by atoms with Crippen LogP contribution >= 0.6 is 22.6 Å². The van der Waals surface area contributed by atoms with Crippen molar-refractivity contribution in [2.24, 2.45) is 0 Å². The minimum absolute atomic E-state index is 0.881. The van der Waals surface area contributed by atoms with E-state index in [9.17, 15) is 0 Å². The van der Waals surface area contributed by atoms with Crippen LogP contribution in [0.1, 0.15) is 0 Å². The lowest BCUT2D eigenvalue weighted by Gasteiger charge is -2.13. The number of methoxy groups -OCH3 is 1. The Morgan fingerprint density at radius 1 is 0.864 bits per heavy atom. The summed E-state index contributed by atoms with van der Waals surface area (Å²) in [4.78, 5) is 0. The van der Waals surface area contributed by atoms with Gasteiger partial charge in [0.15, 0.2) is 0 Å². The minimum atomic E-state index is 0.881. The smallest absolute Gasteiger partial charge is 0.118 e. The van der Waals surface area contributed by atoms with Crippen LogP contribution < -0.4 is 4.74 Å². The maximum absolute atomic E-state index is 5.27. The Balaban J connectivity index is 2.10. The number of para-hydroxylation sites is 1. The molecule has 4 aromatic rings. The summed E-state index contributed by atoms with van der Waals surface area (Å²) in [6, 6.07) is 21.1. The molecule has 0 saturated heterocycles. The van der Waals surface area contributed by atoms with Crippen molar-refractivity contribution in [2.45, 2.75) is 0 Å². The second-order valence-electron chi connectivity index (χ2n) is 5.20. The first-order valence-electron chi connectivity index (χ1n) is 7.11. The fourth-order valence-corrected chi connectivity index (χ4v) is 3.99. The summed E-state index contributed by atoms with van der Waals surface area (Å²) >= 11 is 2.46. The van der Waals surface area contributed by atoms with Crippen LogP contribution in [0.5, 0.6) is 5.75 Å². The number of ether oxygens (including phenoxy) is 1. The first-order chi connectivity index (χ1) is 10.8. The highest BCUT2D eigenvalue weighted by molar-refractivity contribution is 14.1. The van der Waals surface area contributed by atoms with Crippen molar-refractivity contribution in [2.75, 3.05) is 7.11 Å². The molecular weight excluding hydrogens is 385 g/mol. The van der Waals surface area contributed by atoms with E-state index in [1.807, 2.05) is 12.1 Å². The van der Waals surface area contributed by atoms with Gasteiger partial charge in [-0.25, -0.2) is 0 Å². The Labute approximate surface area is 142 Å². The van der Waals surface area contributed by atoms with E-state index in [2.05, 4.69) is 81.7 Å². The molecule has 3 heteroatoms. The van der Waals surface area contributed by atoms with E-state index in [-0.39, 0.29) is 0 Å². The molecule has 0 unspecified atom stereocenters. The molecule has 108 valence electrons. The number of pyridine rings is 1. The zero-order chi connectivity index (χ0) is 15.1. The van der Waals surface area contributed by atoms with Crippen molar-refractivity contribution in [1.82, 2.24) is 4.40 Å². The van der Waals surface area contributed by atoms with Crippen molar-refractivity contribution < 1.29 is 4.74 Å². The zero-order valence-electron chi connectivity index (χ0n) is 12.1. The predicted molar refractivity (Wildman–Crippen MR) is 99.6 cm³/mol. The monoisotopic (exact) mass is 399 g/mol. The average molecular weight is 399 g/mol. The van der Waals surface area contributed by atoms with Crippen LogP contribution in [0, 0.1) is 3.57 Å². The summed E-state index contributed by atoms with van der Waals surface area (Å²) in [6.45, 7) is 0. The van der Waals surface area contributed by atoms with Gasteiger partial charge in [-0.3, -0.25) is 0 Å². The Morgan fingerprint density at radius 3 is 2.36 bits per heavy atom. The van der Waals surface area contributed by atoms with Gasteiger partial charge in [0.2, 0.25) is 0 Å². The van der Waals surface area contributed by atoms with Crippen molar-refractivity contribution in [3.8, 4) is 16.9 Å². The van der Waals surface area contributed by atoms with E-state index >= 15 is 0 Å².